The van der Waals surface area contributed by atoms with Crippen LogP contribution < -0.4 is 9.47 Å². The molecular formula is C23H22N2O3S2. The van der Waals surface area contributed by atoms with E-state index in [-0.39, 0.29) is 12.5 Å². The number of thiocarbonyl (C=S) groups is 1. The van der Waals surface area contributed by atoms with E-state index in [9.17, 15) is 10.1 Å². The molecule has 154 valence electrons. The summed E-state index contributed by atoms with van der Waals surface area (Å²) in [4.78, 5) is 14.8. The van der Waals surface area contributed by atoms with Gasteiger partial charge in [-0.1, -0.05) is 55.2 Å². The number of carbonyl (C=O) groups excluding carboxylic acids is 1. The molecule has 0 spiro atoms. The summed E-state index contributed by atoms with van der Waals surface area (Å²) < 4.78 is 12.3. The Bertz CT molecular complexity index is 1030. The van der Waals surface area contributed by atoms with Crippen LogP contribution in [0.15, 0.2) is 47.4 Å². The Kier molecular flexibility index (Phi) is 7.50. The van der Waals surface area contributed by atoms with E-state index in [0.29, 0.717) is 39.4 Å². The van der Waals surface area contributed by atoms with Crippen LogP contribution in [-0.4, -0.2) is 28.3 Å². The van der Waals surface area contributed by atoms with E-state index in [1.165, 1.54) is 11.8 Å². The average Bonchev–Trinajstić information content (AvgIpc) is 3.01. The molecule has 2 aromatic rings. The molecule has 0 saturated carbocycles. The Hall–Kier alpha value is -2.82. The number of hydrogen-bond donors (Lipinski definition) is 0. The first kappa shape index (κ1) is 21.9. The standard InChI is InChI=1S/C23H22N2O3S2/c1-3-11-25-22(26)21(30-23(25)29)13-16-9-10-19(20(12-16)27-4-2)28-15-18-8-6-5-7-17(18)14-24/h5-10,12-13H,3-4,11,15H2,1-2H3/b21-13-. The molecular weight excluding hydrogens is 416 g/mol. The number of amides is 1. The monoisotopic (exact) mass is 438 g/mol. The topological polar surface area (TPSA) is 62.6 Å². The fourth-order valence-electron chi connectivity index (χ4n) is 2.98. The summed E-state index contributed by atoms with van der Waals surface area (Å²) in [5.41, 5.74) is 2.23. The van der Waals surface area contributed by atoms with Gasteiger partial charge in [0.1, 0.15) is 10.9 Å². The molecule has 0 atom stereocenters. The molecule has 1 saturated heterocycles. The molecule has 1 amide bonds. The zero-order valence-corrected chi connectivity index (χ0v) is 18.5. The van der Waals surface area contributed by atoms with Gasteiger partial charge in [0.25, 0.3) is 5.91 Å². The number of nitriles is 1. The molecule has 0 radical (unpaired) electrons. The molecule has 30 heavy (non-hydrogen) atoms. The van der Waals surface area contributed by atoms with Gasteiger partial charge in [0.2, 0.25) is 0 Å². The van der Waals surface area contributed by atoms with Crippen LogP contribution in [0.5, 0.6) is 11.5 Å². The maximum Gasteiger partial charge on any atom is 0.266 e. The first-order valence-electron chi connectivity index (χ1n) is 9.70. The number of nitrogens with zero attached hydrogens (tertiary/aromatic N) is 2. The highest BCUT2D eigenvalue weighted by atomic mass is 32.2. The van der Waals surface area contributed by atoms with Crippen LogP contribution in [-0.2, 0) is 11.4 Å². The molecule has 0 bridgehead atoms. The van der Waals surface area contributed by atoms with Gasteiger partial charge in [0.05, 0.1) is 23.1 Å². The Balaban J connectivity index is 1.81. The largest absolute Gasteiger partial charge is 0.490 e. The molecule has 1 fully saturated rings. The number of ether oxygens (including phenoxy) is 2. The Morgan fingerprint density at radius 1 is 1.17 bits per heavy atom. The summed E-state index contributed by atoms with van der Waals surface area (Å²) in [6.07, 6.45) is 2.68. The first-order chi connectivity index (χ1) is 14.6. The van der Waals surface area contributed by atoms with Gasteiger partial charge in [0, 0.05) is 12.1 Å². The highest BCUT2D eigenvalue weighted by molar-refractivity contribution is 8.26. The Morgan fingerprint density at radius 2 is 1.97 bits per heavy atom. The van der Waals surface area contributed by atoms with Gasteiger partial charge in [-0.05, 0) is 43.2 Å². The third kappa shape index (κ3) is 5.02. The minimum atomic E-state index is -0.0572. The molecule has 5 nitrogen and oxygen atoms in total. The van der Waals surface area contributed by atoms with E-state index in [4.69, 9.17) is 21.7 Å². The van der Waals surface area contributed by atoms with Crippen LogP contribution in [0.1, 0.15) is 37.0 Å². The van der Waals surface area contributed by atoms with Crippen molar-refractivity contribution in [3.8, 4) is 17.6 Å². The minimum Gasteiger partial charge on any atom is -0.490 e. The third-order valence-electron chi connectivity index (χ3n) is 4.41. The number of thioether (sulfide) groups is 1. The predicted molar refractivity (Wildman–Crippen MR) is 123 cm³/mol. The second-order valence-electron chi connectivity index (χ2n) is 6.53. The van der Waals surface area contributed by atoms with Crippen molar-refractivity contribution in [2.24, 2.45) is 0 Å². The van der Waals surface area contributed by atoms with Gasteiger partial charge in [-0.25, -0.2) is 0 Å². The van der Waals surface area contributed by atoms with Crippen LogP contribution in [0, 0.1) is 11.3 Å². The minimum absolute atomic E-state index is 0.0572. The lowest BCUT2D eigenvalue weighted by molar-refractivity contribution is -0.122. The molecule has 1 aliphatic heterocycles. The summed E-state index contributed by atoms with van der Waals surface area (Å²) in [6, 6.07) is 15.0. The van der Waals surface area contributed by atoms with Crippen molar-refractivity contribution in [1.29, 1.82) is 5.26 Å². The van der Waals surface area contributed by atoms with Gasteiger partial charge in [0.15, 0.2) is 11.5 Å². The van der Waals surface area contributed by atoms with Crippen molar-refractivity contribution in [1.82, 2.24) is 4.90 Å². The fraction of sp³-hybridized carbons (Fsp3) is 0.261. The second kappa shape index (κ2) is 10.3. The van der Waals surface area contributed by atoms with E-state index >= 15 is 0 Å². The summed E-state index contributed by atoms with van der Waals surface area (Å²) in [5, 5.41) is 9.24. The first-order valence-corrected chi connectivity index (χ1v) is 10.9. The molecule has 0 N–H and O–H groups in total. The molecule has 0 unspecified atom stereocenters. The zero-order chi connectivity index (χ0) is 21.5. The molecule has 0 aromatic heterocycles. The number of benzene rings is 2. The molecule has 3 rings (SSSR count). The van der Waals surface area contributed by atoms with Gasteiger partial charge in [-0.2, -0.15) is 5.26 Å². The SMILES string of the molecule is CCCN1C(=O)/C(=C/c2ccc(OCc3ccccc3C#N)c(OCC)c2)SC1=S. The van der Waals surface area contributed by atoms with Crippen LogP contribution in [0.3, 0.4) is 0 Å². The number of carbonyl (C=O) groups is 1. The lowest BCUT2D eigenvalue weighted by Gasteiger charge is -2.13. The van der Waals surface area contributed by atoms with Crippen molar-refractivity contribution in [2.45, 2.75) is 26.9 Å². The maximum atomic E-state index is 12.6. The summed E-state index contributed by atoms with van der Waals surface area (Å²) in [5.74, 6) is 1.11. The van der Waals surface area contributed by atoms with Crippen molar-refractivity contribution < 1.29 is 14.3 Å². The van der Waals surface area contributed by atoms with Crippen molar-refractivity contribution in [2.75, 3.05) is 13.2 Å². The van der Waals surface area contributed by atoms with Gasteiger partial charge in [-0.3, -0.25) is 9.69 Å². The maximum absolute atomic E-state index is 12.6. The Labute approximate surface area is 186 Å². The van der Waals surface area contributed by atoms with E-state index in [2.05, 4.69) is 6.07 Å². The highest BCUT2D eigenvalue weighted by Crippen LogP contribution is 2.35. The van der Waals surface area contributed by atoms with Gasteiger partial charge in [-0.15, -0.1) is 0 Å². The van der Waals surface area contributed by atoms with Crippen LogP contribution in [0.25, 0.3) is 6.08 Å². The van der Waals surface area contributed by atoms with E-state index < -0.39 is 0 Å². The number of hydrogen-bond acceptors (Lipinski definition) is 6. The summed E-state index contributed by atoms with van der Waals surface area (Å²) in [6.45, 7) is 5.29. The lowest BCUT2D eigenvalue weighted by Crippen LogP contribution is -2.28. The predicted octanol–water partition coefficient (Wildman–Crippen LogP) is 5.15. The summed E-state index contributed by atoms with van der Waals surface area (Å²) in [7, 11) is 0. The van der Waals surface area contributed by atoms with Gasteiger partial charge >= 0.3 is 0 Å². The van der Waals surface area contributed by atoms with Crippen molar-refractivity contribution in [3.05, 3.63) is 64.1 Å². The lowest BCUT2D eigenvalue weighted by atomic mass is 10.1. The van der Waals surface area contributed by atoms with Crippen LogP contribution in [0.2, 0.25) is 0 Å². The molecule has 7 heteroatoms. The van der Waals surface area contributed by atoms with E-state index in [1.807, 2.05) is 56.3 Å². The van der Waals surface area contributed by atoms with Crippen molar-refractivity contribution >= 4 is 40.3 Å². The number of rotatable bonds is 8. The molecule has 1 heterocycles. The Morgan fingerprint density at radius 3 is 2.70 bits per heavy atom. The van der Waals surface area contributed by atoms with Gasteiger partial charge < -0.3 is 9.47 Å². The highest BCUT2D eigenvalue weighted by Gasteiger charge is 2.31. The summed E-state index contributed by atoms with van der Waals surface area (Å²) >= 11 is 6.64. The molecule has 1 aliphatic rings. The fourth-order valence-corrected chi connectivity index (χ4v) is 4.29. The molecule has 2 aromatic carbocycles. The quantitative estimate of drug-likeness (QED) is 0.420. The van der Waals surface area contributed by atoms with Crippen LogP contribution >= 0.6 is 24.0 Å². The smallest absolute Gasteiger partial charge is 0.266 e. The van der Waals surface area contributed by atoms with Crippen molar-refractivity contribution in [3.63, 3.8) is 0 Å². The zero-order valence-electron chi connectivity index (χ0n) is 16.9. The average molecular weight is 439 g/mol. The normalized spacial score (nSPS) is 14.8. The van der Waals surface area contributed by atoms with E-state index in [1.54, 1.807) is 11.0 Å². The van der Waals surface area contributed by atoms with E-state index in [0.717, 1.165) is 17.5 Å². The third-order valence-corrected chi connectivity index (χ3v) is 5.78. The molecule has 0 aliphatic carbocycles. The second-order valence-corrected chi connectivity index (χ2v) is 8.21. The van der Waals surface area contributed by atoms with Crippen LogP contribution in [0.4, 0.5) is 0 Å².